The van der Waals surface area contributed by atoms with Gasteiger partial charge >= 0.3 is 0 Å². The predicted molar refractivity (Wildman–Crippen MR) is 54.9 cm³/mol. The molecule has 0 radical (unpaired) electrons. The topological polar surface area (TPSA) is 45.2 Å². The summed E-state index contributed by atoms with van der Waals surface area (Å²) in [4.78, 5) is 3.06. The Kier molecular flexibility index (Phi) is 2.88. The third-order valence-electron chi connectivity index (χ3n) is 2.56. The molecular formula is C11H14FNO2. The minimum atomic E-state index is -0.928. The van der Waals surface area contributed by atoms with Crippen LogP contribution in [0.1, 0.15) is 12.6 Å². The van der Waals surface area contributed by atoms with Crippen molar-refractivity contribution in [2.24, 2.45) is 5.92 Å². The SMILES string of the molecule is CC1C=c2cc(COCO)[nH]c2=CC1F. The number of nitrogens with one attached hydrogen (secondary N) is 1. The lowest BCUT2D eigenvalue weighted by atomic mass is 10.0. The van der Waals surface area contributed by atoms with E-state index in [-0.39, 0.29) is 12.7 Å². The van der Waals surface area contributed by atoms with Crippen molar-refractivity contribution in [1.82, 2.24) is 4.98 Å². The van der Waals surface area contributed by atoms with Crippen LogP contribution >= 0.6 is 0 Å². The van der Waals surface area contributed by atoms with Gasteiger partial charge in [-0.1, -0.05) is 13.0 Å². The molecule has 0 saturated carbocycles. The Morgan fingerprint density at radius 3 is 3.07 bits per heavy atom. The van der Waals surface area contributed by atoms with Crippen molar-refractivity contribution in [2.75, 3.05) is 6.79 Å². The van der Waals surface area contributed by atoms with E-state index >= 15 is 0 Å². The first kappa shape index (κ1) is 10.4. The van der Waals surface area contributed by atoms with Gasteiger partial charge in [-0.25, -0.2) is 4.39 Å². The van der Waals surface area contributed by atoms with E-state index in [0.717, 1.165) is 16.3 Å². The highest BCUT2D eigenvalue weighted by Gasteiger charge is 2.15. The highest BCUT2D eigenvalue weighted by atomic mass is 19.1. The Labute approximate surface area is 86.9 Å². The fourth-order valence-corrected chi connectivity index (χ4v) is 1.74. The number of rotatable bonds is 3. The van der Waals surface area contributed by atoms with E-state index in [1.165, 1.54) is 0 Å². The molecule has 2 unspecified atom stereocenters. The molecule has 0 bridgehead atoms. The molecule has 2 rings (SSSR count). The fourth-order valence-electron chi connectivity index (χ4n) is 1.74. The van der Waals surface area contributed by atoms with E-state index in [4.69, 9.17) is 9.84 Å². The largest absolute Gasteiger partial charge is 0.371 e. The molecule has 4 heteroatoms. The molecule has 1 aromatic heterocycles. The molecule has 82 valence electrons. The van der Waals surface area contributed by atoms with Gasteiger partial charge in [0, 0.05) is 17.0 Å². The maximum Gasteiger partial charge on any atom is 0.144 e. The first-order valence-electron chi connectivity index (χ1n) is 4.95. The molecule has 1 aliphatic rings. The molecule has 0 aromatic carbocycles. The molecule has 2 N–H and O–H groups in total. The predicted octanol–water partition coefficient (Wildman–Crippen LogP) is 0.0299. The summed E-state index contributed by atoms with van der Waals surface area (Å²) >= 11 is 0. The van der Waals surface area contributed by atoms with Gasteiger partial charge in [0.15, 0.2) is 0 Å². The van der Waals surface area contributed by atoms with Crippen LogP contribution in [0.4, 0.5) is 4.39 Å². The average molecular weight is 211 g/mol. The van der Waals surface area contributed by atoms with Crippen molar-refractivity contribution in [1.29, 1.82) is 0 Å². The molecule has 0 spiro atoms. The summed E-state index contributed by atoms with van der Waals surface area (Å²) in [6, 6.07) is 1.92. The number of aliphatic hydroxyl groups is 1. The molecule has 0 fully saturated rings. The summed E-state index contributed by atoms with van der Waals surface area (Å²) in [6.45, 7) is 1.86. The lowest BCUT2D eigenvalue weighted by molar-refractivity contribution is -0.0124. The number of alkyl halides is 1. The Morgan fingerprint density at radius 1 is 1.53 bits per heavy atom. The maximum atomic E-state index is 13.3. The van der Waals surface area contributed by atoms with Crippen LogP contribution in [-0.4, -0.2) is 23.1 Å². The molecule has 1 aromatic rings. The Balaban J connectivity index is 2.32. The Morgan fingerprint density at radius 2 is 2.33 bits per heavy atom. The van der Waals surface area contributed by atoms with Crippen molar-refractivity contribution in [2.45, 2.75) is 19.7 Å². The van der Waals surface area contributed by atoms with Crippen LogP contribution in [0.3, 0.4) is 0 Å². The fraction of sp³-hybridized carbons (Fsp3) is 0.455. The molecule has 1 heterocycles. The molecule has 0 saturated heterocycles. The number of aromatic nitrogens is 1. The molecule has 15 heavy (non-hydrogen) atoms. The first-order valence-corrected chi connectivity index (χ1v) is 4.95. The van der Waals surface area contributed by atoms with Crippen molar-refractivity contribution in [3.8, 4) is 0 Å². The number of halogens is 1. The summed E-state index contributed by atoms with van der Waals surface area (Å²) in [5, 5.41) is 10.3. The van der Waals surface area contributed by atoms with Gasteiger partial charge in [0.1, 0.15) is 13.0 Å². The summed E-state index contributed by atoms with van der Waals surface area (Å²) in [5.41, 5.74) is 0.850. The Bertz CT molecular complexity index is 414. The van der Waals surface area contributed by atoms with Crippen LogP contribution in [-0.2, 0) is 11.3 Å². The van der Waals surface area contributed by atoms with E-state index in [2.05, 4.69) is 4.98 Å². The zero-order valence-electron chi connectivity index (χ0n) is 8.53. The van der Waals surface area contributed by atoms with Gasteiger partial charge in [-0.05, 0) is 17.4 Å². The number of ether oxygens (including phenoxy) is 1. The van der Waals surface area contributed by atoms with E-state index in [1.807, 2.05) is 19.1 Å². The van der Waals surface area contributed by atoms with Gasteiger partial charge in [-0.15, -0.1) is 0 Å². The number of hydrogen-bond donors (Lipinski definition) is 2. The van der Waals surface area contributed by atoms with Crippen LogP contribution in [0.5, 0.6) is 0 Å². The number of fused-ring (bicyclic) bond motifs is 1. The summed E-state index contributed by atoms with van der Waals surface area (Å²) in [6.07, 6.45) is 2.56. The van der Waals surface area contributed by atoms with Gasteiger partial charge in [-0.2, -0.15) is 0 Å². The highest BCUT2D eigenvalue weighted by Crippen LogP contribution is 2.11. The van der Waals surface area contributed by atoms with Crippen LogP contribution < -0.4 is 10.6 Å². The second kappa shape index (κ2) is 4.16. The summed E-state index contributed by atoms with van der Waals surface area (Å²) in [5.74, 6) is -0.0834. The van der Waals surface area contributed by atoms with Gasteiger partial charge in [-0.3, -0.25) is 0 Å². The normalized spacial score (nSPS) is 24.2. The van der Waals surface area contributed by atoms with E-state index in [0.29, 0.717) is 6.61 Å². The standard InChI is InChI=1S/C11H14FNO2/c1-7-2-8-3-9(5-15-6-14)13-11(8)4-10(7)12/h2-4,7,10,13-14H,5-6H2,1H3. The maximum absolute atomic E-state index is 13.3. The summed E-state index contributed by atoms with van der Waals surface area (Å²) < 4.78 is 18.2. The van der Waals surface area contributed by atoms with Crippen LogP contribution in [0.25, 0.3) is 12.2 Å². The van der Waals surface area contributed by atoms with Gasteiger partial charge in [0.25, 0.3) is 0 Å². The average Bonchev–Trinajstić information content (AvgIpc) is 2.58. The van der Waals surface area contributed by atoms with E-state index in [9.17, 15) is 4.39 Å². The second-order valence-corrected chi connectivity index (χ2v) is 3.78. The quantitative estimate of drug-likeness (QED) is 0.693. The molecule has 1 aliphatic carbocycles. The smallest absolute Gasteiger partial charge is 0.144 e. The zero-order valence-corrected chi connectivity index (χ0v) is 8.53. The second-order valence-electron chi connectivity index (χ2n) is 3.78. The number of aliphatic hydroxyl groups excluding tert-OH is 1. The van der Waals surface area contributed by atoms with Crippen molar-refractivity contribution in [3.63, 3.8) is 0 Å². The summed E-state index contributed by atoms with van der Waals surface area (Å²) in [7, 11) is 0. The van der Waals surface area contributed by atoms with E-state index in [1.54, 1.807) is 6.08 Å². The third-order valence-corrected chi connectivity index (χ3v) is 2.56. The minimum absolute atomic E-state index is 0.0834. The number of aromatic amines is 1. The first-order chi connectivity index (χ1) is 7.20. The van der Waals surface area contributed by atoms with Crippen molar-refractivity contribution < 1.29 is 14.2 Å². The van der Waals surface area contributed by atoms with Gasteiger partial charge < -0.3 is 14.8 Å². The molecule has 3 nitrogen and oxygen atoms in total. The highest BCUT2D eigenvalue weighted by molar-refractivity contribution is 5.43. The van der Waals surface area contributed by atoms with Crippen molar-refractivity contribution >= 4 is 12.2 Å². The molecule has 0 amide bonds. The zero-order chi connectivity index (χ0) is 10.8. The van der Waals surface area contributed by atoms with Crippen LogP contribution in [0, 0.1) is 5.92 Å². The van der Waals surface area contributed by atoms with E-state index < -0.39 is 6.17 Å². The third kappa shape index (κ3) is 2.11. The number of H-pyrrole nitrogens is 1. The van der Waals surface area contributed by atoms with Crippen LogP contribution in [0.15, 0.2) is 6.07 Å². The Hall–Kier alpha value is -1.13. The lowest BCUT2D eigenvalue weighted by Crippen LogP contribution is -2.31. The lowest BCUT2D eigenvalue weighted by Gasteiger charge is -2.10. The monoisotopic (exact) mass is 211 g/mol. The molecule has 0 aliphatic heterocycles. The van der Waals surface area contributed by atoms with Crippen LogP contribution in [0.2, 0.25) is 0 Å². The molecular weight excluding hydrogens is 197 g/mol. The molecule has 2 atom stereocenters. The minimum Gasteiger partial charge on any atom is -0.371 e. The van der Waals surface area contributed by atoms with Gasteiger partial charge in [0.05, 0.1) is 6.61 Å². The number of hydrogen-bond acceptors (Lipinski definition) is 2. The van der Waals surface area contributed by atoms with Crippen molar-refractivity contribution in [3.05, 3.63) is 22.3 Å². The van der Waals surface area contributed by atoms with Gasteiger partial charge in [0.2, 0.25) is 0 Å².